The van der Waals surface area contributed by atoms with Crippen LogP contribution < -0.4 is 0 Å². The normalized spacial score (nSPS) is 10.9. The van der Waals surface area contributed by atoms with Crippen LogP contribution in [0.2, 0.25) is 0 Å². The zero-order valence-corrected chi connectivity index (χ0v) is 9.46. The molecule has 1 N–H and O–H groups in total. The van der Waals surface area contributed by atoms with Crippen LogP contribution in [0.25, 0.3) is 0 Å². The molecule has 84 valence electrons. The summed E-state index contributed by atoms with van der Waals surface area (Å²) in [4.78, 5) is 13.4. The highest BCUT2D eigenvalue weighted by Crippen LogP contribution is 1.97. The number of ketones is 1. The highest BCUT2D eigenvalue weighted by atomic mass is 16.3. The Morgan fingerprint density at radius 1 is 1.21 bits per heavy atom. The Balaban J connectivity index is 3.75. The number of Topliss-reactive ketones (excluding diaryl/α,β-unsaturated/α-hetero) is 1. The molecular weight excluding hydrogens is 178 g/mol. The van der Waals surface area contributed by atoms with Gasteiger partial charge in [-0.05, 0) is 19.4 Å². The van der Waals surface area contributed by atoms with E-state index in [1.54, 1.807) is 0 Å². The second kappa shape index (κ2) is 9.16. The molecule has 0 amide bonds. The van der Waals surface area contributed by atoms with Crippen molar-refractivity contribution in [3.05, 3.63) is 0 Å². The van der Waals surface area contributed by atoms with Crippen LogP contribution in [-0.4, -0.2) is 42.0 Å². The van der Waals surface area contributed by atoms with Crippen molar-refractivity contribution in [2.75, 3.05) is 26.2 Å². The molecule has 0 aromatic rings. The third-order valence-corrected chi connectivity index (χ3v) is 2.17. The first-order valence-electron chi connectivity index (χ1n) is 5.59. The van der Waals surface area contributed by atoms with Crippen LogP contribution in [0.15, 0.2) is 0 Å². The summed E-state index contributed by atoms with van der Waals surface area (Å²) in [6.07, 6.45) is 3.80. The van der Waals surface area contributed by atoms with Crippen molar-refractivity contribution in [3.63, 3.8) is 0 Å². The Bertz CT molecular complexity index is 148. The number of hydrogen-bond donors (Lipinski definition) is 1. The first kappa shape index (κ1) is 13.6. The molecule has 0 unspecified atom stereocenters. The SMILES string of the molecule is CCCCN(CCO)CC(=O)CCC. The van der Waals surface area contributed by atoms with Crippen LogP contribution >= 0.6 is 0 Å². The zero-order chi connectivity index (χ0) is 10.8. The van der Waals surface area contributed by atoms with Gasteiger partial charge in [-0.3, -0.25) is 9.69 Å². The number of hydrogen-bond acceptors (Lipinski definition) is 3. The minimum absolute atomic E-state index is 0.142. The second-order valence-corrected chi connectivity index (χ2v) is 3.64. The lowest BCUT2D eigenvalue weighted by molar-refractivity contribution is -0.120. The lowest BCUT2D eigenvalue weighted by Crippen LogP contribution is -2.33. The molecule has 0 saturated heterocycles. The topological polar surface area (TPSA) is 40.5 Å². The monoisotopic (exact) mass is 201 g/mol. The molecule has 0 radical (unpaired) electrons. The van der Waals surface area contributed by atoms with E-state index in [0.29, 0.717) is 19.5 Å². The number of rotatable bonds is 9. The van der Waals surface area contributed by atoms with Gasteiger partial charge in [0.25, 0.3) is 0 Å². The fourth-order valence-corrected chi connectivity index (χ4v) is 1.40. The maximum atomic E-state index is 11.4. The summed E-state index contributed by atoms with van der Waals surface area (Å²) in [5, 5.41) is 8.83. The molecule has 0 aromatic carbocycles. The minimum atomic E-state index is 0.142. The predicted octanol–water partition coefficient (Wildman–Crippen LogP) is 1.45. The van der Waals surface area contributed by atoms with Crippen LogP contribution in [0.4, 0.5) is 0 Å². The third-order valence-electron chi connectivity index (χ3n) is 2.17. The van der Waals surface area contributed by atoms with E-state index in [1.165, 1.54) is 0 Å². The lowest BCUT2D eigenvalue weighted by atomic mass is 10.2. The highest BCUT2D eigenvalue weighted by Gasteiger charge is 2.08. The number of carbonyl (C=O) groups excluding carboxylic acids is 1. The molecule has 0 aliphatic rings. The average molecular weight is 201 g/mol. The molecule has 0 rings (SSSR count). The lowest BCUT2D eigenvalue weighted by Gasteiger charge is -2.19. The van der Waals surface area contributed by atoms with Gasteiger partial charge in [0.1, 0.15) is 5.78 Å². The molecule has 0 saturated carbocycles. The molecule has 0 bridgehead atoms. The van der Waals surface area contributed by atoms with Gasteiger partial charge in [-0.1, -0.05) is 20.3 Å². The summed E-state index contributed by atoms with van der Waals surface area (Å²) < 4.78 is 0. The summed E-state index contributed by atoms with van der Waals surface area (Å²) in [6, 6.07) is 0. The fourth-order valence-electron chi connectivity index (χ4n) is 1.40. The van der Waals surface area contributed by atoms with Crippen LogP contribution in [0.5, 0.6) is 0 Å². The smallest absolute Gasteiger partial charge is 0.146 e. The van der Waals surface area contributed by atoms with Gasteiger partial charge in [-0.2, -0.15) is 0 Å². The fraction of sp³-hybridized carbons (Fsp3) is 0.909. The minimum Gasteiger partial charge on any atom is -0.395 e. The van der Waals surface area contributed by atoms with Crippen molar-refractivity contribution < 1.29 is 9.90 Å². The molecule has 14 heavy (non-hydrogen) atoms. The zero-order valence-electron chi connectivity index (χ0n) is 9.46. The van der Waals surface area contributed by atoms with E-state index >= 15 is 0 Å². The van der Waals surface area contributed by atoms with E-state index in [4.69, 9.17) is 5.11 Å². The van der Waals surface area contributed by atoms with Gasteiger partial charge in [-0.25, -0.2) is 0 Å². The van der Waals surface area contributed by atoms with Gasteiger partial charge in [-0.15, -0.1) is 0 Å². The summed E-state index contributed by atoms with van der Waals surface area (Å²) in [5.74, 6) is 0.289. The van der Waals surface area contributed by atoms with Gasteiger partial charge < -0.3 is 5.11 Å². The summed E-state index contributed by atoms with van der Waals surface area (Å²) in [5.41, 5.74) is 0. The van der Waals surface area contributed by atoms with Crippen molar-refractivity contribution >= 4 is 5.78 Å². The number of carbonyl (C=O) groups is 1. The molecule has 3 nitrogen and oxygen atoms in total. The molecule has 0 aliphatic carbocycles. The first-order valence-corrected chi connectivity index (χ1v) is 5.59. The van der Waals surface area contributed by atoms with Gasteiger partial charge in [0.05, 0.1) is 13.2 Å². The van der Waals surface area contributed by atoms with Gasteiger partial charge in [0.2, 0.25) is 0 Å². The van der Waals surface area contributed by atoms with E-state index in [0.717, 1.165) is 25.8 Å². The molecule has 0 aromatic heterocycles. The highest BCUT2D eigenvalue weighted by molar-refractivity contribution is 5.80. The molecule has 3 heteroatoms. The van der Waals surface area contributed by atoms with Crippen molar-refractivity contribution in [3.8, 4) is 0 Å². The molecule has 0 fully saturated rings. The predicted molar refractivity (Wildman–Crippen MR) is 58.3 cm³/mol. The van der Waals surface area contributed by atoms with Crippen molar-refractivity contribution in [2.45, 2.75) is 39.5 Å². The Morgan fingerprint density at radius 2 is 1.93 bits per heavy atom. The number of nitrogens with zero attached hydrogens (tertiary/aromatic N) is 1. The molecule has 0 heterocycles. The largest absolute Gasteiger partial charge is 0.395 e. The van der Waals surface area contributed by atoms with Gasteiger partial charge in [0.15, 0.2) is 0 Å². The second-order valence-electron chi connectivity index (χ2n) is 3.64. The maximum absolute atomic E-state index is 11.4. The standard InChI is InChI=1S/C11H23NO2/c1-3-5-7-12(8-9-13)10-11(14)6-4-2/h13H,3-10H2,1-2H3. The van der Waals surface area contributed by atoms with Crippen LogP contribution in [0.3, 0.4) is 0 Å². The van der Waals surface area contributed by atoms with Gasteiger partial charge >= 0.3 is 0 Å². The summed E-state index contributed by atoms with van der Waals surface area (Å²) in [6.45, 7) is 6.34. The van der Waals surface area contributed by atoms with E-state index in [1.807, 2.05) is 11.8 Å². The van der Waals surface area contributed by atoms with Crippen molar-refractivity contribution in [2.24, 2.45) is 0 Å². The van der Waals surface area contributed by atoms with Crippen molar-refractivity contribution in [1.82, 2.24) is 4.90 Å². The summed E-state index contributed by atoms with van der Waals surface area (Å²) >= 11 is 0. The Kier molecular flexibility index (Phi) is 8.89. The molecular formula is C11H23NO2. The van der Waals surface area contributed by atoms with E-state index in [9.17, 15) is 4.79 Å². The Hall–Kier alpha value is -0.410. The quantitative estimate of drug-likeness (QED) is 0.614. The molecule has 0 spiro atoms. The Labute approximate surface area is 87.1 Å². The van der Waals surface area contributed by atoms with E-state index < -0.39 is 0 Å². The number of aliphatic hydroxyl groups excluding tert-OH is 1. The Morgan fingerprint density at radius 3 is 2.43 bits per heavy atom. The first-order chi connectivity index (χ1) is 6.74. The number of unbranched alkanes of at least 4 members (excludes halogenated alkanes) is 1. The van der Waals surface area contributed by atoms with Crippen molar-refractivity contribution in [1.29, 1.82) is 0 Å². The third kappa shape index (κ3) is 7.04. The average Bonchev–Trinajstić information content (AvgIpc) is 2.15. The molecule has 0 aliphatic heterocycles. The van der Waals surface area contributed by atoms with Crippen LogP contribution in [-0.2, 0) is 4.79 Å². The van der Waals surface area contributed by atoms with Crippen LogP contribution in [0, 0.1) is 0 Å². The molecule has 0 atom stereocenters. The van der Waals surface area contributed by atoms with E-state index in [2.05, 4.69) is 6.92 Å². The van der Waals surface area contributed by atoms with Gasteiger partial charge in [0, 0.05) is 13.0 Å². The van der Waals surface area contributed by atoms with Crippen LogP contribution in [0.1, 0.15) is 39.5 Å². The summed E-state index contributed by atoms with van der Waals surface area (Å²) in [7, 11) is 0. The van der Waals surface area contributed by atoms with E-state index in [-0.39, 0.29) is 12.4 Å². The maximum Gasteiger partial charge on any atom is 0.146 e. The number of aliphatic hydroxyl groups is 1.